The monoisotopic (exact) mass is 333 g/mol. The standard InChI is InChI=1S/C19H28FN3O/c20-16-6-3-7-17(18(16)19(21)24)23-13-8-15(9-14-23)5-4-12-22-10-1-2-11-22/h3,6-7,15H,1-2,4-5,8-14H2,(H2,21,24). The molecule has 0 aromatic heterocycles. The molecular weight excluding hydrogens is 305 g/mol. The second-order valence-electron chi connectivity index (χ2n) is 7.12. The van der Waals surface area contributed by atoms with Gasteiger partial charge >= 0.3 is 0 Å². The Balaban J connectivity index is 1.50. The average molecular weight is 333 g/mol. The lowest BCUT2D eigenvalue weighted by Crippen LogP contribution is -2.35. The maximum atomic E-state index is 13.9. The molecule has 0 saturated carbocycles. The smallest absolute Gasteiger partial charge is 0.253 e. The number of primary amides is 1. The summed E-state index contributed by atoms with van der Waals surface area (Å²) in [6, 6.07) is 4.75. The highest BCUT2D eigenvalue weighted by atomic mass is 19.1. The summed E-state index contributed by atoms with van der Waals surface area (Å²) in [5.41, 5.74) is 6.05. The summed E-state index contributed by atoms with van der Waals surface area (Å²) >= 11 is 0. The zero-order valence-corrected chi connectivity index (χ0v) is 14.3. The van der Waals surface area contributed by atoms with Crippen LogP contribution in [0.1, 0.15) is 48.9 Å². The molecule has 2 saturated heterocycles. The quantitative estimate of drug-likeness (QED) is 0.870. The third-order valence-corrected chi connectivity index (χ3v) is 5.48. The molecule has 0 atom stereocenters. The fourth-order valence-electron chi connectivity index (χ4n) is 4.09. The molecular formula is C19H28FN3O. The van der Waals surface area contributed by atoms with Gasteiger partial charge in [0.1, 0.15) is 5.82 Å². The third-order valence-electron chi connectivity index (χ3n) is 5.48. The van der Waals surface area contributed by atoms with E-state index < -0.39 is 11.7 Å². The number of hydrogen-bond donors (Lipinski definition) is 1. The second-order valence-corrected chi connectivity index (χ2v) is 7.12. The van der Waals surface area contributed by atoms with Crippen molar-refractivity contribution >= 4 is 11.6 Å². The first-order valence-corrected chi connectivity index (χ1v) is 9.21. The number of benzene rings is 1. The van der Waals surface area contributed by atoms with Gasteiger partial charge in [0, 0.05) is 13.1 Å². The van der Waals surface area contributed by atoms with Crippen LogP contribution in [0.4, 0.5) is 10.1 Å². The predicted molar refractivity (Wildman–Crippen MR) is 94.8 cm³/mol. The summed E-state index contributed by atoms with van der Waals surface area (Å²) in [5, 5.41) is 0. The largest absolute Gasteiger partial charge is 0.371 e. The highest BCUT2D eigenvalue weighted by Crippen LogP contribution is 2.29. The topological polar surface area (TPSA) is 49.6 Å². The number of halogens is 1. The summed E-state index contributed by atoms with van der Waals surface area (Å²) in [6.07, 6.45) is 7.47. The van der Waals surface area contributed by atoms with Gasteiger partial charge in [0.15, 0.2) is 0 Å². The van der Waals surface area contributed by atoms with Gasteiger partial charge in [-0.15, -0.1) is 0 Å². The van der Waals surface area contributed by atoms with Gasteiger partial charge in [0.25, 0.3) is 5.91 Å². The van der Waals surface area contributed by atoms with E-state index >= 15 is 0 Å². The van der Waals surface area contributed by atoms with Crippen molar-refractivity contribution in [2.45, 2.75) is 38.5 Å². The van der Waals surface area contributed by atoms with Crippen LogP contribution in [0.15, 0.2) is 18.2 Å². The fourth-order valence-corrected chi connectivity index (χ4v) is 4.09. The molecule has 3 rings (SSSR count). The fraction of sp³-hybridized carbons (Fsp3) is 0.632. The number of carbonyl (C=O) groups is 1. The number of amides is 1. The van der Waals surface area contributed by atoms with Gasteiger partial charge in [-0.25, -0.2) is 4.39 Å². The molecule has 0 radical (unpaired) electrons. The molecule has 4 nitrogen and oxygen atoms in total. The number of piperidine rings is 1. The molecule has 24 heavy (non-hydrogen) atoms. The van der Waals surface area contributed by atoms with E-state index in [0.717, 1.165) is 31.8 Å². The van der Waals surface area contributed by atoms with Crippen LogP contribution in [-0.4, -0.2) is 43.5 Å². The van der Waals surface area contributed by atoms with Crippen LogP contribution in [-0.2, 0) is 0 Å². The number of rotatable bonds is 6. The van der Waals surface area contributed by atoms with Crippen molar-refractivity contribution in [2.24, 2.45) is 11.7 Å². The number of anilines is 1. The summed E-state index contributed by atoms with van der Waals surface area (Å²) in [5.74, 6) is -0.460. The Labute approximate surface area is 143 Å². The molecule has 0 bridgehead atoms. The van der Waals surface area contributed by atoms with Gasteiger partial charge in [-0.05, 0) is 76.2 Å². The van der Waals surface area contributed by atoms with Gasteiger partial charge in [0.05, 0.1) is 11.3 Å². The number of likely N-dealkylation sites (tertiary alicyclic amines) is 1. The minimum absolute atomic E-state index is 0.0324. The summed E-state index contributed by atoms with van der Waals surface area (Å²) < 4.78 is 13.9. The minimum atomic E-state index is -0.684. The van der Waals surface area contributed by atoms with E-state index in [0.29, 0.717) is 5.69 Å². The maximum absolute atomic E-state index is 13.9. The van der Waals surface area contributed by atoms with Crippen LogP contribution in [0.2, 0.25) is 0 Å². The lowest BCUT2D eigenvalue weighted by molar-refractivity contribution is 0.0997. The van der Waals surface area contributed by atoms with E-state index in [4.69, 9.17) is 5.73 Å². The van der Waals surface area contributed by atoms with Gasteiger partial charge in [-0.2, -0.15) is 0 Å². The van der Waals surface area contributed by atoms with Gasteiger partial charge < -0.3 is 15.5 Å². The Bertz CT molecular complexity index is 564. The molecule has 1 amide bonds. The molecule has 2 heterocycles. The van der Waals surface area contributed by atoms with Gasteiger partial charge in [0.2, 0.25) is 0 Å². The summed E-state index contributed by atoms with van der Waals surface area (Å²) in [6.45, 7) is 5.52. The normalized spacial score (nSPS) is 19.8. The number of carbonyl (C=O) groups excluding carboxylic acids is 1. The van der Waals surface area contributed by atoms with E-state index in [1.165, 1.54) is 51.4 Å². The van der Waals surface area contributed by atoms with Crippen LogP contribution in [0.5, 0.6) is 0 Å². The van der Waals surface area contributed by atoms with Crippen LogP contribution >= 0.6 is 0 Å². The Morgan fingerprint density at radius 2 is 1.88 bits per heavy atom. The number of nitrogens with two attached hydrogens (primary N) is 1. The molecule has 5 heteroatoms. The van der Waals surface area contributed by atoms with Gasteiger partial charge in [-0.3, -0.25) is 4.79 Å². The zero-order valence-electron chi connectivity index (χ0n) is 14.3. The molecule has 132 valence electrons. The molecule has 2 N–H and O–H groups in total. The second kappa shape index (κ2) is 7.97. The van der Waals surface area contributed by atoms with Crippen molar-refractivity contribution in [2.75, 3.05) is 37.6 Å². The molecule has 2 aliphatic rings. The highest BCUT2D eigenvalue weighted by molar-refractivity contribution is 5.99. The van der Waals surface area contributed by atoms with Gasteiger partial charge in [-0.1, -0.05) is 6.07 Å². The maximum Gasteiger partial charge on any atom is 0.253 e. The van der Waals surface area contributed by atoms with Crippen LogP contribution in [0.25, 0.3) is 0 Å². The Kier molecular flexibility index (Phi) is 5.72. The van der Waals surface area contributed by atoms with E-state index in [9.17, 15) is 9.18 Å². The average Bonchev–Trinajstić information content (AvgIpc) is 3.08. The van der Waals surface area contributed by atoms with Crippen LogP contribution in [0.3, 0.4) is 0 Å². The van der Waals surface area contributed by atoms with Crippen molar-refractivity contribution in [1.82, 2.24) is 4.90 Å². The molecule has 0 unspecified atom stereocenters. The van der Waals surface area contributed by atoms with E-state index in [1.54, 1.807) is 12.1 Å². The number of hydrogen-bond acceptors (Lipinski definition) is 3. The Morgan fingerprint density at radius 3 is 2.54 bits per heavy atom. The molecule has 2 fully saturated rings. The lowest BCUT2D eigenvalue weighted by Gasteiger charge is -2.34. The van der Waals surface area contributed by atoms with E-state index in [2.05, 4.69) is 9.80 Å². The molecule has 0 spiro atoms. The van der Waals surface area contributed by atoms with E-state index in [1.807, 2.05) is 0 Å². The minimum Gasteiger partial charge on any atom is -0.371 e. The van der Waals surface area contributed by atoms with Crippen molar-refractivity contribution in [3.05, 3.63) is 29.6 Å². The first-order valence-electron chi connectivity index (χ1n) is 9.21. The third kappa shape index (κ3) is 4.07. The summed E-state index contributed by atoms with van der Waals surface area (Å²) in [7, 11) is 0. The number of nitrogens with zero attached hydrogens (tertiary/aromatic N) is 2. The van der Waals surface area contributed by atoms with Crippen molar-refractivity contribution in [3.63, 3.8) is 0 Å². The van der Waals surface area contributed by atoms with Crippen molar-refractivity contribution < 1.29 is 9.18 Å². The first-order chi connectivity index (χ1) is 11.6. The van der Waals surface area contributed by atoms with E-state index in [-0.39, 0.29) is 5.56 Å². The Hall–Kier alpha value is -1.62. The molecule has 1 aromatic carbocycles. The SMILES string of the molecule is NC(=O)c1c(F)cccc1N1CCC(CCCN2CCCC2)CC1. The zero-order chi connectivity index (χ0) is 16.9. The first kappa shape index (κ1) is 17.2. The van der Waals surface area contributed by atoms with Crippen LogP contribution < -0.4 is 10.6 Å². The molecule has 1 aromatic rings. The molecule has 2 aliphatic heterocycles. The predicted octanol–water partition coefficient (Wildman–Crippen LogP) is 3.02. The summed E-state index contributed by atoms with van der Waals surface area (Å²) in [4.78, 5) is 16.2. The van der Waals surface area contributed by atoms with Crippen LogP contribution in [0, 0.1) is 11.7 Å². The molecule has 0 aliphatic carbocycles. The van der Waals surface area contributed by atoms with Crippen molar-refractivity contribution in [3.8, 4) is 0 Å². The lowest BCUT2D eigenvalue weighted by atomic mass is 9.91. The highest BCUT2D eigenvalue weighted by Gasteiger charge is 2.24. The Morgan fingerprint density at radius 1 is 1.17 bits per heavy atom. The van der Waals surface area contributed by atoms with Crippen molar-refractivity contribution in [1.29, 1.82) is 0 Å².